The molecule has 0 atom stereocenters. The van der Waals surface area contributed by atoms with Crippen LogP contribution in [-0.2, 0) is 26.1 Å². The molecule has 128 valence electrons. The van der Waals surface area contributed by atoms with Gasteiger partial charge in [-0.25, -0.2) is 9.97 Å². The molecule has 2 aliphatic rings. The molecule has 2 aliphatic heterocycles. The molecule has 5 rings (SSSR count). The Kier molecular flexibility index (Phi) is 3.35. The second-order valence-corrected chi connectivity index (χ2v) is 6.68. The first-order chi connectivity index (χ1) is 12.8. The molecule has 0 fully saturated rings. The highest BCUT2D eigenvalue weighted by Gasteiger charge is 2.29. The lowest BCUT2D eigenvalue weighted by Crippen LogP contribution is -2.32. The number of nitrogens with zero attached hydrogens (tertiary/aromatic N) is 6. The van der Waals surface area contributed by atoms with Crippen LogP contribution in [0, 0.1) is 11.5 Å². The number of benzene rings is 1. The molecule has 0 saturated carbocycles. The fourth-order valence-corrected chi connectivity index (χ4v) is 3.75. The van der Waals surface area contributed by atoms with Crippen LogP contribution in [0.1, 0.15) is 22.4 Å². The lowest BCUT2D eigenvalue weighted by Gasteiger charge is -2.31. The molecule has 0 bridgehead atoms. The molecule has 0 unspecified atom stereocenters. The third-order valence-electron chi connectivity index (χ3n) is 5.09. The lowest BCUT2D eigenvalue weighted by molar-refractivity contribution is 0.415. The van der Waals surface area contributed by atoms with Gasteiger partial charge in [-0.15, -0.1) is 0 Å². The molecule has 7 nitrogen and oxygen atoms in total. The van der Waals surface area contributed by atoms with E-state index in [4.69, 9.17) is 9.97 Å². The zero-order valence-electron chi connectivity index (χ0n) is 14.2. The summed E-state index contributed by atoms with van der Waals surface area (Å²) in [7, 11) is 0. The summed E-state index contributed by atoms with van der Waals surface area (Å²) in [5.41, 5.74) is 5.61. The second-order valence-electron chi connectivity index (χ2n) is 6.68. The minimum atomic E-state index is 0.538. The van der Waals surface area contributed by atoms with Crippen molar-refractivity contribution in [3.63, 3.8) is 0 Å². The van der Waals surface area contributed by atoms with E-state index in [1.54, 1.807) is 17.3 Å². The van der Waals surface area contributed by atoms with Gasteiger partial charge in [0.05, 0.1) is 30.5 Å². The maximum atomic E-state index is 9.32. The summed E-state index contributed by atoms with van der Waals surface area (Å²) < 4.78 is 0. The van der Waals surface area contributed by atoms with Crippen molar-refractivity contribution in [2.45, 2.75) is 26.1 Å². The van der Waals surface area contributed by atoms with E-state index in [-0.39, 0.29) is 0 Å². The van der Waals surface area contributed by atoms with Gasteiger partial charge in [-0.3, -0.25) is 5.10 Å². The van der Waals surface area contributed by atoms with Crippen molar-refractivity contribution in [2.75, 3.05) is 11.4 Å². The van der Waals surface area contributed by atoms with Crippen molar-refractivity contribution in [3.8, 4) is 17.6 Å². The summed E-state index contributed by atoms with van der Waals surface area (Å²) in [6.07, 6.45) is 6.77. The fraction of sp³-hybridized carbons (Fsp3) is 0.263. The Labute approximate surface area is 150 Å². The zero-order chi connectivity index (χ0) is 17.5. The van der Waals surface area contributed by atoms with Gasteiger partial charge in [0, 0.05) is 24.8 Å². The van der Waals surface area contributed by atoms with Gasteiger partial charge in [0.1, 0.15) is 5.82 Å². The molecule has 1 aromatic carbocycles. The van der Waals surface area contributed by atoms with Crippen LogP contribution in [-0.4, -0.2) is 31.6 Å². The number of hydrogen-bond donors (Lipinski definition) is 1. The Hall–Kier alpha value is -3.40. The summed E-state index contributed by atoms with van der Waals surface area (Å²) in [6.45, 7) is 2.86. The molecule has 26 heavy (non-hydrogen) atoms. The molecule has 3 aromatic rings. The summed E-state index contributed by atoms with van der Waals surface area (Å²) in [6, 6.07) is 8.56. The average molecular weight is 343 g/mol. The minimum Gasteiger partial charge on any atom is -0.352 e. The topological polar surface area (TPSA) is 84.7 Å². The van der Waals surface area contributed by atoms with Crippen molar-refractivity contribution in [1.29, 1.82) is 5.26 Å². The molecule has 7 heteroatoms. The largest absolute Gasteiger partial charge is 0.352 e. The normalized spacial score (nSPS) is 15.5. The first-order valence-electron chi connectivity index (χ1n) is 8.67. The van der Waals surface area contributed by atoms with E-state index in [0.29, 0.717) is 18.9 Å². The lowest BCUT2D eigenvalue weighted by atomic mass is 9.99. The smallest absolute Gasteiger partial charge is 0.180 e. The van der Waals surface area contributed by atoms with Gasteiger partial charge < -0.3 is 9.80 Å². The van der Waals surface area contributed by atoms with Gasteiger partial charge >= 0.3 is 0 Å². The third-order valence-corrected chi connectivity index (χ3v) is 5.09. The monoisotopic (exact) mass is 343 g/mol. The van der Waals surface area contributed by atoms with Crippen LogP contribution in [0.5, 0.6) is 0 Å². The first-order valence-corrected chi connectivity index (χ1v) is 8.67. The van der Waals surface area contributed by atoms with Crippen LogP contribution in [0.25, 0.3) is 11.4 Å². The Bertz CT molecular complexity index is 1000. The number of hydrogen-bond acceptors (Lipinski definition) is 6. The standard InChI is InChI=1S/C19H17N7/c20-12-25-10-16-17(11-25)23-18(15-7-21-22-8-15)24-19(16)26-6-5-13-3-1-2-4-14(13)9-26/h1-4,7-8H,5-6,9-11H2,(H,21,22). The average Bonchev–Trinajstić information content (AvgIpc) is 3.36. The number of aromatic amines is 1. The summed E-state index contributed by atoms with van der Waals surface area (Å²) in [5, 5.41) is 16.2. The number of rotatable bonds is 2. The highest BCUT2D eigenvalue weighted by atomic mass is 15.2. The van der Waals surface area contributed by atoms with Crippen LogP contribution >= 0.6 is 0 Å². The number of nitriles is 1. The third kappa shape index (κ3) is 2.39. The van der Waals surface area contributed by atoms with E-state index in [1.165, 1.54) is 11.1 Å². The maximum Gasteiger partial charge on any atom is 0.180 e. The number of anilines is 1. The fourth-order valence-electron chi connectivity index (χ4n) is 3.75. The molecule has 0 aliphatic carbocycles. The Morgan fingerprint density at radius 2 is 1.96 bits per heavy atom. The van der Waals surface area contributed by atoms with Crippen LogP contribution < -0.4 is 4.90 Å². The highest BCUT2D eigenvalue weighted by Crippen LogP contribution is 2.33. The van der Waals surface area contributed by atoms with E-state index in [0.717, 1.165) is 42.1 Å². The quantitative estimate of drug-likeness (QED) is 0.718. The summed E-state index contributed by atoms with van der Waals surface area (Å²) in [5.74, 6) is 1.60. The van der Waals surface area contributed by atoms with Crippen LogP contribution in [0.3, 0.4) is 0 Å². The first kappa shape index (κ1) is 14.9. The van der Waals surface area contributed by atoms with Gasteiger partial charge in [-0.1, -0.05) is 24.3 Å². The van der Waals surface area contributed by atoms with Gasteiger partial charge in [0.15, 0.2) is 12.0 Å². The zero-order valence-corrected chi connectivity index (χ0v) is 14.2. The second kappa shape index (κ2) is 5.85. The minimum absolute atomic E-state index is 0.538. The Morgan fingerprint density at radius 3 is 2.77 bits per heavy atom. The predicted octanol–water partition coefficient (Wildman–Crippen LogP) is 2.23. The number of nitrogens with one attached hydrogen (secondary N) is 1. The van der Waals surface area contributed by atoms with E-state index in [9.17, 15) is 5.26 Å². The maximum absolute atomic E-state index is 9.32. The number of H-pyrrole nitrogens is 1. The van der Waals surface area contributed by atoms with Crippen molar-refractivity contribution in [3.05, 3.63) is 59.0 Å². The molecule has 0 saturated heterocycles. The van der Waals surface area contributed by atoms with Crippen molar-refractivity contribution in [1.82, 2.24) is 25.1 Å². The van der Waals surface area contributed by atoms with E-state index >= 15 is 0 Å². The predicted molar refractivity (Wildman–Crippen MR) is 95.7 cm³/mol. The van der Waals surface area contributed by atoms with Crippen LogP contribution in [0.4, 0.5) is 5.82 Å². The van der Waals surface area contributed by atoms with Crippen LogP contribution in [0.15, 0.2) is 36.7 Å². The molecule has 0 spiro atoms. The molecule has 0 radical (unpaired) electrons. The van der Waals surface area contributed by atoms with E-state index < -0.39 is 0 Å². The summed E-state index contributed by atoms with van der Waals surface area (Å²) in [4.78, 5) is 13.6. The molecular weight excluding hydrogens is 326 g/mol. The highest BCUT2D eigenvalue weighted by molar-refractivity contribution is 5.61. The van der Waals surface area contributed by atoms with Crippen molar-refractivity contribution >= 4 is 5.82 Å². The van der Waals surface area contributed by atoms with Gasteiger partial charge in [0.2, 0.25) is 0 Å². The molecule has 4 heterocycles. The van der Waals surface area contributed by atoms with Crippen molar-refractivity contribution in [2.24, 2.45) is 0 Å². The van der Waals surface area contributed by atoms with Gasteiger partial charge in [-0.05, 0) is 17.5 Å². The van der Waals surface area contributed by atoms with Gasteiger partial charge in [0.25, 0.3) is 0 Å². The number of fused-ring (bicyclic) bond motifs is 2. The van der Waals surface area contributed by atoms with E-state index in [2.05, 4.69) is 45.6 Å². The molecule has 2 aromatic heterocycles. The molecular formula is C19H17N7. The molecule has 1 N–H and O–H groups in total. The SMILES string of the molecule is N#CN1Cc2nc(-c3cn[nH]c3)nc(N3CCc4ccccc4C3)c2C1. The Balaban J connectivity index is 1.59. The Morgan fingerprint density at radius 1 is 1.08 bits per heavy atom. The van der Waals surface area contributed by atoms with Crippen molar-refractivity contribution < 1.29 is 0 Å². The van der Waals surface area contributed by atoms with Crippen LogP contribution in [0.2, 0.25) is 0 Å². The number of aromatic nitrogens is 4. The van der Waals surface area contributed by atoms with E-state index in [1.807, 2.05) is 0 Å². The van der Waals surface area contributed by atoms with Gasteiger partial charge in [-0.2, -0.15) is 10.4 Å². The molecule has 0 amide bonds. The summed E-state index contributed by atoms with van der Waals surface area (Å²) >= 11 is 0.